The Kier molecular flexibility index (Phi) is 6.81. The van der Waals surface area contributed by atoms with E-state index in [4.69, 9.17) is 0 Å². The molecule has 0 bridgehead atoms. The van der Waals surface area contributed by atoms with Crippen LogP contribution in [0.4, 0.5) is 0 Å². The minimum Gasteiger partial charge on any atom is -0.316 e. The fourth-order valence-electron chi connectivity index (χ4n) is 2.02. The van der Waals surface area contributed by atoms with Crippen molar-refractivity contribution in [1.82, 2.24) is 5.32 Å². The molecule has 1 aliphatic rings. The second kappa shape index (κ2) is 6.99. The standard InChI is InChI=1S/C9H19N.C3H6O/c1-3-5-9(6-4-2)7-10-8-9;1-3(2)4/h10H,3-8H2,1-2H3;1-2H3. The maximum absolute atomic E-state index is 9.44. The summed E-state index contributed by atoms with van der Waals surface area (Å²) < 4.78 is 0. The first kappa shape index (κ1) is 13.6. The predicted octanol–water partition coefficient (Wildman–Crippen LogP) is 2.77. The van der Waals surface area contributed by atoms with Crippen molar-refractivity contribution in [3.8, 4) is 0 Å². The summed E-state index contributed by atoms with van der Waals surface area (Å²) in [5.74, 6) is 0.167. The van der Waals surface area contributed by atoms with Crippen LogP contribution in [0.15, 0.2) is 0 Å². The van der Waals surface area contributed by atoms with Crippen LogP contribution in [0.5, 0.6) is 0 Å². The number of ketones is 1. The molecule has 0 unspecified atom stereocenters. The molecule has 1 N–H and O–H groups in total. The van der Waals surface area contributed by atoms with E-state index in [9.17, 15) is 4.79 Å². The summed E-state index contributed by atoms with van der Waals surface area (Å²) >= 11 is 0. The van der Waals surface area contributed by atoms with Crippen molar-refractivity contribution in [2.45, 2.75) is 53.4 Å². The maximum atomic E-state index is 9.44. The molecule has 14 heavy (non-hydrogen) atoms. The molecular weight excluding hydrogens is 174 g/mol. The molecule has 1 saturated heterocycles. The van der Waals surface area contributed by atoms with Crippen LogP contribution in [0.2, 0.25) is 0 Å². The van der Waals surface area contributed by atoms with E-state index in [-0.39, 0.29) is 5.78 Å². The third kappa shape index (κ3) is 5.38. The van der Waals surface area contributed by atoms with E-state index in [1.165, 1.54) is 52.6 Å². The van der Waals surface area contributed by atoms with Crippen LogP contribution in [0.3, 0.4) is 0 Å². The molecule has 0 amide bonds. The van der Waals surface area contributed by atoms with Crippen molar-refractivity contribution in [2.24, 2.45) is 5.41 Å². The van der Waals surface area contributed by atoms with Gasteiger partial charge in [0.1, 0.15) is 5.78 Å². The highest BCUT2D eigenvalue weighted by Gasteiger charge is 2.34. The molecule has 2 nitrogen and oxygen atoms in total. The lowest BCUT2D eigenvalue weighted by atomic mass is 9.74. The Bertz CT molecular complexity index is 150. The molecule has 2 heteroatoms. The quantitative estimate of drug-likeness (QED) is 0.754. The smallest absolute Gasteiger partial charge is 0.126 e. The Labute approximate surface area is 88.5 Å². The number of nitrogens with one attached hydrogen (secondary N) is 1. The second-order valence-electron chi connectivity index (χ2n) is 4.51. The molecule has 0 aromatic rings. The van der Waals surface area contributed by atoms with Gasteiger partial charge in [0.05, 0.1) is 0 Å². The lowest BCUT2D eigenvalue weighted by molar-refractivity contribution is -0.114. The topological polar surface area (TPSA) is 29.1 Å². The van der Waals surface area contributed by atoms with Crippen molar-refractivity contribution in [1.29, 1.82) is 0 Å². The minimum atomic E-state index is 0.167. The Balaban J connectivity index is 0.000000364. The third-order valence-electron chi connectivity index (χ3n) is 2.56. The normalized spacial score (nSPS) is 17.7. The summed E-state index contributed by atoms with van der Waals surface area (Å²) in [5.41, 5.74) is 0.712. The van der Waals surface area contributed by atoms with Gasteiger partial charge in [0, 0.05) is 13.1 Å². The SMILES string of the molecule is CC(C)=O.CCCC1(CCC)CNC1. The number of Topliss-reactive ketones (excluding diaryl/α,β-unsaturated/α-hetero) is 1. The Morgan fingerprint density at radius 3 is 1.64 bits per heavy atom. The van der Waals surface area contributed by atoms with Gasteiger partial charge >= 0.3 is 0 Å². The summed E-state index contributed by atoms with van der Waals surface area (Å²) in [6.45, 7) is 10.2. The lowest BCUT2D eigenvalue weighted by Gasteiger charge is -2.42. The third-order valence-corrected chi connectivity index (χ3v) is 2.56. The first-order chi connectivity index (χ1) is 6.56. The van der Waals surface area contributed by atoms with E-state index in [1.807, 2.05) is 0 Å². The molecule has 0 aromatic carbocycles. The summed E-state index contributed by atoms with van der Waals surface area (Å²) in [4.78, 5) is 9.44. The maximum Gasteiger partial charge on any atom is 0.126 e. The zero-order chi connectivity index (χ0) is 11.0. The molecule has 0 atom stereocenters. The van der Waals surface area contributed by atoms with Gasteiger partial charge in [-0.25, -0.2) is 0 Å². The van der Waals surface area contributed by atoms with E-state index in [2.05, 4.69) is 19.2 Å². The number of carbonyl (C=O) groups is 1. The van der Waals surface area contributed by atoms with E-state index in [0.29, 0.717) is 5.41 Å². The minimum absolute atomic E-state index is 0.167. The molecule has 0 radical (unpaired) electrons. The molecule has 84 valence electrons. The van der Waals surface area contributed by atoms with Crippen molar-refractivity contribution in [3.05, 3.63) is 0 Å². The van der Waals surface area contributed by atoms with E-state index in [1.54, 1.807) is 0 Å². The van der Waals surface area contributed by atoms with Crippen molar-refractivity contribution >= 4 is 5.78 Å². The second-order valence-corrected chi connectivity index (χ2v) is 4.51. The zero-order valence-electron chi connectivity index (χ0n) is 10.2. The number of hydrogen-bond acceptors (Lipinski definition) is 2. The Morgan fingerprint density at radius 1 is 1.14 bits per heavy atom. The van der Waals surface area contributed by atoms with Crippen LogP contribution >= 0.6 is 0 Å². The molecule has 1 aliphatic heterocycles. The average molecular weight is 199 g/mol. The average Bonchev–Trinajstić information content (AvgIpc) is 2.00. The predicted molar refractivity (Wildman–Crippen MR) is 61.5 cm³/mol. The van der Waals surface area contributed by atoms with Gasteiger partial charge in [-0.05, 0) is 32.1 Å². The van der Waals surface area contributed by atoms with Crippen molar-refractivity contribution < 1.29 is 4.79 Å². The molecule has 0 aliphatic carbocycles. The summed E-state index contributed by atoms with van der Waals surface area (Å²) in [5, 5.41) is 3.37. The van der Waals surface area contributed by atoms with Gasteiger partial charge in [0.15, 0.2) is 0 Å². The Hall–Kier alpha value is -0.370. The lowest BCUT2D eigenvalue weighted by Crippen LogP contribution is -2.53. The monoisotopic (exact) mass is 199 g/mol. The first-order valence-corrected chi connectivity index (χ1v) is 5.74. The van der Waals surface area contributed by atoms with Crippen LogP contribution in [0, 0.1) is 5.41 Å². The fourth-order valence-corrected chi connectivity index (χ4v) is 2.02. The fraction of sp³-hybridized carbons (Fsp3) is 0.917. The van der Waals surface area contributed by atoms with Gasteiger partial charge in [-0.15, -0.1) is 0 Å². The van der Waals surface area contributed by atoms with Crippen LogP contribution in [-0.4, -0.2) is 18.9 Å². The van der Waals surface area contributed by atoms with Gasteiger partial charge in [-0.3, -0.25) is 0 Å². The van der Waals surface area contributed by atoms with E-state index in [0.717, 1.165) is 0 Å². The highest BCUT2D eigenvalue weighted by atomic mass is 16.1. The molecule has 0 aromatic heterocycles. The van der Waals surface area contributed by atoms with E-state index < -0.39 is 0 Å². The van der Waals surface area contributed by atoms with Gasteiger partial charge in [-0.1, -0.05) is 26.7 Å². The number of rotatable bonds is 4. The van der Waals surface area contributed by atoms with E-state index >= 15 is 0 Å². The molecule has 0 spiro atoms. The largest absolute Gasteiger partial charge is 0.316 e. The van der Waals surface area contributed by atoms with Crippen LogP contribution in [0.25, 0.3) is 0 Å². The molecule has 1 heterocycles. The Morgan fingerprint density at radius 2 is 1.50 bits per heavy atom. The van der Waals surface area contributed by atoms with Gasteiger partial charge in [0.2, 0.25) is 0 Å². The van der Waals surface area contributed by atoms with Crippen LogP contribution < -0.4 is 5.32 Å². The zero-order valence-corrected chi connectivity index (χ0v) is 10.2. The summed E-state index contributed by atoms with van der Waals surface area (Å²) in [7, 11) is 0. The highest BCUT2D eigenvalue weighted by Crippen LogP contribution is 2.33. The summed E-state index contributed by atoms with van der Waals surface area (Å²) in [6, 6.07) is 0. The molecule has 1 fully saturated rings. The number of carbonyl (C=O) groups excluding carboxylic acids is 1. The van der Waals surface area contributed by atoms with Gasteiger partial charge < -0.3 is 10.1 Å². The van der Waals surface area contributed by atoms with Crippen LogP contribution in [-0.2, 0) is 4.79 Å². The van der Waals surface area contributed by atoms with Gasteiger partial charge in [-0.2, -0.15) is 0 Å². The van der Waals surface area contributed by atoms with Crippen molar-refractivity contribution in [3.63, 3.8) is 0 Å². The molecule has 1 rings (SSSR count). The summed E-state index contributed by atoms with van der Waals surface area (Å²) in [6.07, 6.45) is 5.55. The van der Waals surface area contributed by atoms with Crippen molar-refractivity contribution in [2.75, 3.05) is 13.1 Å². The van der Waals surface area contributed by atoms with Crippen LogP contribution in [0.1, 0.15) is 53.4 Å². The molecular formula is C12H25NO. The highest BCUT2D eigenvalue weighted by molar-refractivity contribution is 5.72. The first-order valence-electron chi connectivity index (χ1n) is 5.74. The molecule has 0 saturated carbocycles. The number of hydrogen-bond donors (Lipinski definition) is 1. The van der Waals surface area contributed by atoms with Gasteiger partial charge in [0.25, 0.3) is 0 Å².